The molecule has 0 spiro atoms. The van der Waals surface area contributed by atoms with Gasteiger partial charge in [-0.25, -0.2) is 0 Å². The SMILES string of the molecule is O=C(C=C(O)C(F)(F)F)c1ccc(Cl)cc1. The van der Waals surface area contributed by atoms with Crippen molar-refractivity contribution in [1.29, 1.82) is 0 Å². The van der Waals surface area contributed by atoms with Gasteiger partial charge in [0, 0.05) is 16.7 Å². The number of hydrogen-bond donors (Lipinski definition) is 1. The average Bonchev–Trinajstić information content (AvgIpc) is 2.17. The standard InChI is InChI=1S/C10H6ClF3O2/c11-7-3-1-6(2-4-7)8(15)5-9(16)10(12,13)14/h1-5,16H. The molecule has 0 atom stereocenters. The number of carbonyl (C=O) groups is 1. The number of aliphatic hydroxyl groups excluding tert-OH is 1. The van der Waals surface area contributed by atoms with E-state index in [2.05, 4.69) is 0 Å². The summed E-state index contributed by atoms with van der Waals surface area (Å²) in [6.07, 6.45) is -4.79. The van der Waals surface area contributed by atoms with E-state index in [9.17, 15) is 18.0 Å². The molecule has 0 amide bonds. The number of aliphatic hydroxyl groups is 1. The van der Waals surface area contributed by atoms with Crippen LogP contribution in [-0.4, -0.2) is 17.1 Å². The van der Waals surface area contributed by atoms with E-state index in [4.69, 9.17) is 16.7 Å². The molecule has 0 aliphatic carbocycles. The molecular formula is C10H6ClF3O2. The second-order valence-electron chi connectivity index (χ2n) is 2.90. The maximum atomic E-state index is 11.9. The zero-order chi connectivity index (χ0) is 12.3. The number of alkyl halides is 3. The fraction of sp³-hybridized carbons (Fsp3) is 0.100. The first-order valence-corrected chi connectivity index (χ1v) is 4.46. The summed E-state index contributed by atoms with van der Waals surface area (Å²) in [5.74, 6) is -2.86. The fourth-order valence-electron chi connectivity index (χ4n) is 0.903. The van der Waals surface area contributed by atoms with Crippen LogP contribution in [0.15, 0.2) is 36.1 Å². The van der Waals surface area contributed by atoms with Gasteiger partial charge >= 0.3 is 6.18 Å². The van der Waals surface area contributed by atoms with Crippen LogP contribution in [0.3, 0.4) is 0 Å². The molecule has 1 aromatic rings. The first kappa shape index (κ1) is 12.6. The fourth-order valence-corrected chi connectivity index (χ4v) is 1.03. The number of halogens is 4. The zero-order valence-electron chi connectivity index (χ0n) is 7.75. The summed E-state index contributed by atoms with van der Waals surface area (Å²) in [5.41, 5.74) is 0.0141. The van der Waals surface area contributed by atoms with E-state index in [1.54, 1.807) is 0 Å². The Kier molecular flexibility index (Phi) is 3.59. The van der Waals surface area contributed by atoms with Crippen LogP contribution in [-0.2, 0) is 0 Å². The molecule has 0 heterocycles. The molecule has 1 aromatic carbocycles. The summed E-state index contributed by atoms with van der Waals surface area (Å²) in [6.45, 7) is 0. The zero-order valence-corrected chi connectivity index (χ0v) is 8.51. The van der Waals surface area contributed by atoms with Gasteiger partial charge in [-0.05, 0) is 24.3 Å². The van der Waals surface area contributed by atoms with E-state index in [1.807, 2.05) is 0 Å². The highest BCUT2D eigenvalue weighted by Crippen LogP contribution is 2.23. The van der Waals surface area contributed by atoms with Crippen molar-refractivity contribution < 1.29 is 23.1 Å². The van der Waals surface area contributed by atoms with E-state index < -0.39 is 17.7 Å². The minimum Gasteiger partial charge on any atom is -0.504 e. The Morgan fingerprint density at radius 2 is 1.75 bits per heavy atom. The topological polar surface area (TPSA) is 37.3 Å². The van der Waals surface area contributed by atoms with E-state index in [0.717, 1.165) is 0 Å². The Bertz CT molecular complexity index is 421. The quantitative estimate of drug-likeness (QED) is 0.495. The van der Waals surface area contributed by atoms with E-state index in [0.29, 0.717) is 5.02 Å². The summed E-state index contributed by atoms with van der Waals surface area (Å²) < 4.78 is 35.7. The highest BCUT2D eigenvalue weighted by atomic mass is 35.5. The van der Waals surface area contributed by atoms with Crippen LogP contribution in [0.2, 0.25) is 5.02 Å². The lowest BCUT2D eigenvalue weighted by Crippen LogP contribution is -2.13. The molecule has 1 rings (SSSR count). The van der Waals surface area contributed by atoms with Gasteiger partial charge in [-0.2, -0.15) is 13.2 Å². The van der Waals surface area contributed by atoms with E-state index in [-0.39, 0.29) is 11.6 Å². The van der Waals surface area contributed by atoms with Crippen molar-refractivity contribution in [2.45, 2.75) is 6.18 Å². The molecule has 0 aliphatic rings. The van der Waals surface area contributed by atoms with Crippen LogP contribution in [0.4, 0.5) is 13.2 Å². The average molecular weight is 251 g/mol. The monoisotopic (exact) mass is 250 g/mol. The van der Waals surface area contributed by atoms with Crippen LogP contribution >= 0.6 is 11.6 Å². The maximum absolute atomic E-state index is 11.9. The molecule has 0 aliphatic heterocycles. The highest BCUT2D eigenvalue weighted by molar-refractivity contribution is 6.30. The van der Waals surface area contributed by atoms with E-state index >= 15 is 0 Å². The normalized spacial score (nSPS) is 12.6. The van der Waals surface area contributed by atoms with Gasteiger partial charge in [-0.1, -0.05) is 11.6 Å². The minimum atomic E-state index is -4.91. The molecule has 0 bridgehead atoms. The van der Waals surface area contributed by atoms with Crippen molar-refractivity contribution in [3.63, 3.8) is 0 Å². The van der Waals surface area contributed by atoms with Gasteiger partial charge in [0.1, 0.15) is 0 Å². The number of carbonyl (C=O) groups excluding carboxylic acids is 1. The van der Waals surface area contributed by atoms with Crippen molar-refractivity contribution >= 4 is 17.4 Å². The molecule has 6 heteroatoms. The molecule has 0 unspecified atom stereocenters. The third-order valence-electron chi connectivity index (χ3n) is 1.69. The van der Waals surface area contributed by atoms with Crippen molar-refractivity contribution in [2.24, 2.45) is 0 Å². The molecule has 0 radical (unpaired) electrons. The van der Waals surface area contributed by atoms with Gasteiger partial charge in [0.25, 0.3) is 0 Å². The first-order chi connectivity index (χ1) is 7.30. The summed E-state index contributed by atoms with van der Waals surface area (Å²) in [7, 11) is 0. The third kappa shape index (κ3) is 3.27. The molecule has 0 saturated carbocycles. The molecule has 0 aromatic heterocycles. The van der Waals surface area contributed by atoms with Crippen molar-refractivity contribution in [3.05, 3.63) is 46.7 Å². The molecule has 0 saturated heterocycles. The number of ketones is 1. The van der Waals surface area contributed by atoms with Crippen molar-refractivity contribution in [1.82, 2.24) is 0 Å². The summed E-state index contributed by atoms with van der Waals surface area (Å²) in [4.78, 5) is 11.2. The molecule has 0 fully saturated rings. The Morgan fingerprint density at radius 1 is 1.25 bits per heavy atom. The predicted molar refractivity (Wildman–Crippen MR) is 52.5 cm³/mol. The van der Waals surface area contributed by atoms with Crippen LogP contribution in [0, 0.1) is 0 Å². The van der Waals surface area contributed by atoms with Gasteiger partial charge in [-0.3, -0.25) is 4.79 Å². The molecule has 2 nitrogen and oxygen atoms in total. The molecular weight excluding hydrogens is 245 g/mol. The highest BCUT2D eigenvalue weighted by Gasteiger charge is 2.34. The number of rotatable bonds is 2. The summed E-state index contributed by atoms with van der Waals surface area (Å²) >= 11 is 5.54. The first-order valence-electron chi connectivity index (χ1n) is 4.08. The number of allylic oxidation sites excluding steroid dienone is 2. The largest absolute Gasteiger partial charge is 0.504 e. The van der Waals surface area contributed by atoms with Crippen LogP contribution in [0.5, 0.6) is 0 Å². The number of benzene rings is 1. The van der Waals surface area contributed by atoms with Gasteiger partial charge < -0.3 is 5.11 Å². The lowest BCUT2D eigenvalue weighted by Gasteiger charge is -2.04. The van der Waals surface area contributed by atoms with Gasteiger partial charge in [-0.15, -0.1) is 0 Å². The lowest BCUT2D eigenvalue weighted by molar-refractivity contribution is -0.120. The second-order valence-corrected chi connectivity index (χ2v) is 3.33. The van der Waals surface area contributed by atoms with Gasteiger partial charge in [0.15, 0.2) is 5.78 Å². The predicted octanol–water partition coefficient (Wildman–Crippen LogP) is 3.53. The number of hydrogen-bond acceptors (Lipinski definition) is 2. The Morgan fingerprint density at radius 3 is 2.19 bits per heavy atom. The van der Waals surface area contributed by atoms with Gasteiger partial charge in [0.2, 0.25) is 5.76 Å². The van der Waals surface area contributed by atoms with Crippen LogP contribution < -0.4 is 0 Å². The Balaban J connectivity index is 2.92. The second kappa shape index (κ2) is 4.57. The van der Waals surface area contributed by atoms with Crippen molar-refractivity contribution in [3.8, 4) is 0 Å². The maximum Gasteiger partial charge on any atom is 0.448 e. The van der Waals surface area contributed by atoms with Crippen LogP contribution in [0.1, 0.15) is 10.4 Å². The minimum absolute atomic E-state index is 0.0141. The molecule has 1 N–H and O–H groups in total. The third-order valence-corrected chi connectivity index (χ3v) is 1.94. The van der Waals surface area contributed by atoms with Crippen LogP contribution in [0.25, 0.3) is 0 Å². The Hall–Kier alpha value is -1.49. The van der Waals surface area contributed by atoms with E-state index in [1.165, 1.54) is 24.3 Å². The Labute approximate surface area is 94.0 Å². The van der Waals surface area contributed by atoms with Gasteiger partial charge in [0.05, 0.1) is 0 Å². The molecule has 16 heavy (non-hydrogen) atoms. The lowest BCUT2D eigenvalue weighted by atomic mass is 10.1. The smallest absolute Gasteiger partial charge is 0.448 e. The van der Waals surface area contributed by atoms with Crippen molar-refractivity contribution in [2.75, 3.05) is 0 Å². The summed E-state index contributed by atoms with van der Waals surface area (Å²) in [5, 5.41) is 8.92. The summed E-state index contributed by atoms with van der Waals surface area (Å²) in [6, 6.07) is 5.27. The molecule has 86 valence electrons.